The summed E-state index contributed by atoms with van der Waals surface area (Å²) in [4.78, 5) is 26.3. The molecular weight excluding hydrogens is 439 g/mol. The third-order valence-corrected chi connectivity index (χ3v) is 4.78. The van der Waals surface area contributed by atoms with Crippen LogP contribution in [-0.2, 0) is 17.4 Å². The van der Waals surface area contributed by atoms with Crippen LogP contribution in [0.1, 0.15) is 17.9 Å². The number of thiophene rings is 1. The molecule has 9 nitrogen and oxygen atoms in total. The normalized spacial score (nSPS) is 11.3. The molecule has 1 amide bonds. The maximum Gasteiger partial charge on any atom is 0.416 e. The molecule has 0 radical (unpaired) electrons. The fourth-order valence-corrected chi connectivity index (χ4v) is 3.22. The summed E-state index contributed by atoms with van der Waals surface area (Å²) in [5.41, 5.74) is -1.05. The number of nitrogens with zero attached hydrogens (tertiary/aromatic N) is 3. The standard InChI is InChI=1S/C18H16F3N5O4S/c19-18(20,21)12-1-2-13(14(9-12)26(28)29)22-6-7-23-15(27)3-4-16-24-17(25-30-16)11-5-8-31-10-11/h1-2,5,8-10,22H,3-4,6-7H2,(H,23,27). The highest BCUT2D eigenvalue weighted by Gasteiger charge is 2.33. The van der Waals surface area contributed by atoms with Gasteiger partial charge in [-0.05, 0) is 23.6 Å². The lowest BCUT2D eigenvalue weighted by atomic mass is 10.1. The Morgan fingerprint density at radius 2 is 2.06 bits per heavy atom. The molecule has 2 aromatic heterocycles. The highest BCUT2D eigenvalue weighted by Crippen LogP contribution is 2.34. The van der Waals surface area contributed by atoms with Crippen LogP contribution in [-0.4, -0.2) is 34.1 Å². The van der Waals surface area contributed by atoms with E-state index >= 15 is 0 Å². The molecule has 0 unspecified atom stereocenters. The predicted octanol–water partition coefficient (Wildman–Crippen LogP) is 3.89. The molecule has 0 spiro atoms. The Morgan fingerprint density at radius 1 is 1.26 bits per heavy atom. The van der Waals surface area contributed by atoms with Crippen LogP contribution in [0.25, 0.3) is 11.4 Å². The van der Waals surface area contributed by atoms with Crippen molar-refractivity contribution in [3.8, 4) is 11.4 Å². The zero-order valence-electron chi connectivity index (χ0n) is 15.8. The van der Waals surface area contributed by atoms with Gasteiger partial charge in [-0.3, -0.25) is 14.9 Å². The smallest absolute Gasteiger partial charge is 0.378 e. The summed E-state index contributed by atoms with van der Waals surface area (Å²) in [6.07, 6.45) is -4.35. The van der Waals surface area contributed by atoms with Crippen molar-refractivity contribution in [2.45, 2.75) is 19.0 Å². The van der Waals surface area contributed by atoms with Gasteiger partial charge in [0.05, 0.1) is 10.5 Å². The quantitative estimate of drug-likeness (QED) is 0.285. The minimum Gasteiger partial charge on any atom is -0.378 e. The number of nitrogens with one attached hydrogen (secondary N) is 2. The van der Waals surface area contributed by atoms with E-state index in [-0.39, 0.29) is 37.5 Å². The monoisotopic (exact) mass is 455 g/mol. The van der Waals surface area contributed by atoms with Crippen molar-refractivity contribution in [1.29, 1.82) is 0 Å². The van der Waals surface area contributed by atoms with Gasteiger partial charge in [-0.2, -0.15) is 29.5 Å². The molecule has 0 aliphatic rings. The van der Waals surface area contributed by atoms with Crippen LogP contribution in [0, 0.1) is 10.1 Å². The molecule has 13 heteroatoms. The largest absolute Gasteiger partial charge is 0.416 e. The highest BCUT2D eigenvalue weighted by molar-refractivity contribution is 7.08. The van der Waals surface area contributed by atoms with Gasteiger partial charge in [0.2, 0.25) is 17.6 Å². The lowest BCUT2D eigenvalue weighted by Gasteiger charge is -2.11. The van der Waals surface area contributed by atoms with Crippen molar-refractivity contribution in [1.82, 2.24) is 15.5 Å². The molecule has 0 aliphatic heterocycles. The number of amides is 1. The summed E-state index contributed by atoms with van der Waals surface area (Å²) in [5, 5.41) is 23.9. The Labute approximate surface area is 177 Å². The van der Waals surface area contributed by atoms with E-state index in [0.717, 1.165) is 17.7 Å². The minimum atomic E-state index is -4.68. The lowest BCUT2D eigenvalue weighted by molar-refractivity contribution is -0.384. The molecule has 31 heavy (non-hydrogen) atoms. The summed E-state index contributed by atoms with van der Waals surface area (Å²) >= 11 is 1.50. The molecule has 2 N–H and O–H groups in total. The Bertz CT molecular complexity index is 1050. The van der Waals surface area contributed by atoms with Crippen molar-refractivity contribution < 1.29 is 27.4 Å². The number of hydrogen-bond acceptors (Lipinski definition) is 8. The summed E-state index contributed by atoms with van der Waals surface area (Å²) in [6.45, 7) is 0.196. The van der Waals surface area contributed by atoms with Crippen molar-refractivity contribution in [3.63, 3.8) is 0 Å². The van der Waals surface area contributed by atoms with E-state index in [1.165, 1.54) is 11.3 Å². The number of aromatic nitrogens is 2. The van der Waals surface area contributed by atoms with Crippen LogP contribution in [0.4, 0.5) is 24.5 Å². The van der Waals surface area contributed by atoms with Crippen LogP contribution in [0.2, 0.25) is 0 Å². The first-order chi connectivity index (χ1) is 14.7. The number of benzene rings is 1. The second-order valence-electron chi connectivity index (χ2n) is 6.29. The van der Waals surface area contributed by atoms with Gasteiger partial charge < -0.3 is 15.2 Å². The van der Waals surface area contributed by atoms with Crippen LogP contribution in [0.5, 0.6) is 0 Å². The number of anilines is 1. The number of alkyl halides is 3. The number of halogens is 3. The second-order valence-corrected chi connectivity index (χ2v) is 7.07. The molecular formula is C18H16F3N5O4S. The van der Waals surface area contributed by atoms with Gasteiger partial charge in [0.15, 0.2) is 0 Å². The molecule has 0 atom stereocenters. The molecule has 0 aliphatic carbocycles. The van der Waals surface area contributed by atoms with E-state index < -0.39 is 22.4 Å². The van der Waals surface area contributed by atoms with E-state index in [4.69, 9.17) is 4.52 Å². The van der Waals surface area contributed by atoms with Crippen LogP contribution >= 0.6 is 11.3 Å². The molecule has 164 valence electrons. The molecule has 0 fully saturated rings. The number of carbonyl (C=O) groups is 1. The molecule has 0 saturated carbocycles. The number of carbonyl (C=O) groups excluding carboxylic acids is 1. The average Bonchev–Trinajstić information content (AvgIpc) is 3.40. The Morgan fingerprint density at radius 3 is 2.74 bits per heavy atom. The molecule has 2 heterocycles. The van der Waals surface area contributed by atoms with Crippen molar-refractivity contribution >= 4 is 28.6 Å². The maximum absolute atomic E-state index is 12.7. The van der Waals surface area contributed by atoms with E-state index in [0.29, 0.717) is 17.8 Å². The van der Waals surface area contributed by atoms with Crippen LogP contribution < -0.4 is 10.6 Å². The first-order valence-corrected chi connectivity index (χ1v) is 9.89. The summed E-state index contributed by atoms with van der Waals surface area (Å²) in [5.74, 6) is 0.452. The van der Waals surface area contributed by atoms with E-state index in [2.05, 4.69) is 20.8 Å². The van der Waals surface area contributed by atoms with Gasteiger partial charge in [-0.15, -0.1) is 0 Å². The molecule has 3 rings (SSSR count). The molecule has 0 saturated heterocycles. The first-order valence-electron chi connectivity index (χ1n) is 8.95. The minimum absolute atomic E-state index is 0.0703. The number of aryl methyl sites for hydroxylation is 1. The van der Waals surface area contributed by atoms with Crippen LogP contribution in [0.15, 0.2) is 39.5 Å². The zero-order valence-corrected chi connectivity index (χ0v) is 16.6. The number of nitro benzene ring substituents is 1. The van der Waals surface area contributed by atoms with Gasteiger partial charge in [0.1, 0.15) is 5.69 Å². The number of nitro groups is 1. The van der Waals surface area contributed by atoms with Gasteiger partial charge >= 0.3 is 6.18 Å². The first kappa shape index (κ1) is 22.2. The lowest BCUT2D eigenvalue weighted by Crippen LogP contribution is -2.29. The van der Waals surface area contributed by atoms with E-state index in [1.54, 1.807) is 0 Å². The third kappa shape index (κ3) is 6.01. The van der Waals surface area contributed by atoms with E-state index in [1.807, 2.05) is 16.8 Å². The Hall–Kier alpha value is -3.48. The fraction of sp³-hybridized carbons (Fsp3) is 0.278. The number of rotatable bonds is 9. The van der Waals surface area contributed by atoms with Gasteiger partial charge in [-0.25, -0.2) is 0 Å². The Balaban J connectivity index is 1.44. The molecule has 0 bridgehead atoms. The summed E-state index contributed by atoms with van der Waals surface area (Å²) < 4.78 is 43.3. The van der Waals surface area contributed by atoms with E-state index in [9.17, 15) is 28.1 Å². The molecule has 3 aromatic rings. The zero-order chi connectivity index (χ0) is 22.4. The van der Waals surface area contributed by atoms with Gasteiger partial charge in [0.25, 0.3) is 5.69 Å². The maximum atomic E-state index is 12.7. The van der Waals surface area contributed by atoms with Crippen LogP contribution in [0.3, 0.4) is 0 Å². The summed E-state index contributed by atoms with van der Waals surface area (Å²) in [6, 6.07) is 4.06. The van der Waals surface area contributed by atoms with Crippen molar-refractivity contribution in [2.75, 3.05) is 18.4 Å². The second kappa shape index (κ2) is 9.55. The third-order valence-electron chi connectivity index (χ3n) is 4.10. The predicted molar refractivity (Wildman–Crippen MR) is 106 cm³/mol. The van der Waals surface area contributed by atoms with Crippen molar-refractivity contribution in [2.24, 2.45) is 0 Å². The fourth-order valence-electron chi connectivity index (χ4n) is 2.58. The number of hydrogen-bond donors (Lipinski definition) is 2. The highest BCUT2D eigenvalue weighted by atomic mass is 32.1. The SMILES string of the molecule is O=C(CCc1nc(-c2ccsc2)no1)NCCNc1ccc(C(F)(F)F)cc1[N+](=O)[O-]. The Kier molecular flexibility index (Phi) is 6.84. The summed E-state index contributed by atoms with van der Waals surface area (Å²) in [7, 11) is 0. The van der Waals surface area contributed by atoms with Crippen molar-refractivity contribution in [3.05, 3.63) is 56.6 Å². The topological polar surface area (TPSA) is 123 Å². The van der Waals surface area contributed by atoms with Gasteiger partial charge in [0, 0.05) is 42.9 Å². The average molecular weight is 455 g/mol. The van der Waals surface area contributed by atoms with Gasteiger partial charge in [-0.1, -0.05) is 5.16 Å². The molecule has 1 aromatic carbocycles.